The van der Waals surface area contributed by atoms with Crippen LogP contribution in [0.5, 0.6) is 5.75 Å². The number of hydrogen-bond donors (Lipinski definition) is 1. The molecule has 1 aromatic carbocycles. The Labute approximate surface area is 98.3 Å². The summed E-state index contributed by atoms with van der Waals surface area (Å²) in [4.78, 5) is 2.29. The summed E-state index contributed by atoms with van der Waals surface area (Å²) in [6, 6.07) is 6.40. The summed E-state index contributed by atoms with van der Waals surface area (Å²) < 4.78 is 6.27. The first-order valence-corrected chi connectivity index (χ1v) is 5.83. The van der Waals surface area contributed by atoms with E-state index in [4.69, 9.17) is 10.5 Å². The lowest BCUT2D eigenvalue weighted by atomic mass is 10.3. The van der Waals surface area contributed by atoms with Crippen LogP contribution in [0.3, 0.4) is 0 Å². The molecule has 82 valence electrons. The summed E-state index contributed by atoms with van der Waals surface area (Å²) in [6.07, 6.45) is 1.06. The molecule has 0 saturated carbocycles. The quantitative estimate of drug-likeness (QED) is 0.894. The van der Waals surface area contributed by atoms with Crippen molar-refractivity contribution in [3.8, 4) is 5.75 Å². The first-order chi connectivity index (χ1) is 7.19. The molecular formula is C11H15BrN2O. The molecule has 0 aromatic heterocycles. The minimum atomic E-state index is 0.301. The SMILES string of the molecule is COc1cc(Br)cc(N2CCC(N)C2)c1. The van der Waals surface area contributed by atoms with Crippen molar-refractivity contribution in [1.82, 2.24) is 0 Å². The minimum absolute atomic E-state index is 0.301. The largest absolute Gasteiger partial charge is 0.497 e. The lowest BCUT2D eigenvalue weighted by Gasteiger charge is -2.19. The summed E-state index contributed by atoms with van der Waals surface area (Å²) in [5.74, 6) is 0.875. The molecular weight excluding hydrogens is 256 g/mol. The van der Waals surface area contributed by atoms with Crippen molar-refractivity contribution >= 4 is 21.6 Å². The molecule has 0 radical (unpaired) electrons. The number of benzene rings is 1. The molecule has 2 rings (SSSR count). The number of halogens is 1. The van der Waals surface area contributed by atoms with Crippen molar-refractivity contribution in [3.05, 3.63) is 22.7 Å². The zero-order valence-corrected chi connectivity index (χ0v) is 10.3. The normalized spacial score (nSPS) is 20.7. The van der Waals surface area contributed by atoms with Crippen LogP contribution in [0.25, 0.3) is 0 Å². The molecule has 1 aliphatic rings. The Balaban J connectivity index is 2.24. The third-order valence-electron chi connectivity index (χ3n) is 2.68. The van der Waals surface area contributed by atoms with Crippen LogP contribution in [0.1, 0.15) is 6.42 Å². The summed E-state index contributed by atoms with van der Waals surface area (Å²) in [5, 5.41) is 0. The maximum Gasteiger partial charge on any atom is 0.122 e. The Kier molecular flexibility index (Phi) is 3.17. The average molecular weight is 271 g/mol. The zero-order chi connectivity index (χ0) is 10.8. The van der Waals surface area contributed by atoms with E-state index < -0.39 is 0 Å². The van der Waals surface area contributed by atoms with Crippen LogP contribution in [0.2, 0.25) is 0 Å². The summed E-state index contributed by atoms with van der Waals surface area (Å²) in [5.41, 5.74) is 7.06. The molecule has 1 aromatic rings. The third-order valence-corrected chi connectivity index (χ3v) is 3.14. The Morgan fingerprint density at radius 3 is 2.87 bits per heavy atom. The predicted molar refractivity (Wildman–Crippen MR) is 65.5 cm³/mol. The third kappa shape index (κ3) is 2.44. The van der Waals surface area contributed by atoms with Crippen molar-refractivity contribution in [2.24, 2.45) is 5.73 Å². The summed E-state index contributed by atoms with van der Waals surface area (Å²) in [7, 11) is 1.68. The van der Waals surface area contributed by atoms with Crippen LogP contribution >= 0.6 is 15.9 Å². The van der Waals surface area contributed by atoms with Gasteiger partial charge in [0.15, 0.2) is 0 Å². The molecule has 1 atom stereocenters. The number of nitrogens with two attached hydrogens (primary N) is 1. The first kappa shape index (κ1) is 10.8. The van der Waals surface area contributed by atoms with E-state index in [9.17, 15) is 0 Å². The molecule has 1 saturated heterocycles. The second-order valence-electron chi connectivity index (χ2n) is 3.84. The van der Waals surface area contributed by atoms with Gasteiger partial charge in [0.25, 0.3) is 0 Å². The van der Waals surface area contributed by atoms with E-state index in [2.05, 4.69) is 26.9 Å². The van der Waals surface area contributed by atoms with Gasteiger partial charge in [0.2, 0.25) is 0 Å². The predicted octanol–water partition coefficient (Wildman–Crippen LogP) is 2.00. The van der Waals surface area contributed by atoms with Gasteiger partial charge in [0.1, 0.15) is 5.75 Å². The van der Waals surface area contributed by atoms with Gasteiger partial charge in [-0.1, -0.05) is 15.9 Å². The standard InChI is InChI=1S/C11H15BrN2O/c1-15-11-5-8(12)4-10(6-11)14-3-2-9(13)7-14/h4-6,9H,2-3,7,13H2,1H3. The van der Waals surface area contributed by atoms with Gasteiger partial charge in [-0.05, 0) is 18.6 Å². The van der Waals surface area contributed by atoms with Gasteiger partial charge in [-0.25, -0.2) is 0 Å². The highest BCUT2D eigenvalue weighted by Gasteiger charge is 2.19. The van der Waals surface area contributed by atoms with E-state index in [1.54, 1.807) is 7.11 Å². The van der Waals surface area contributed by atoms with Gasteiger partial charge < -0.3 is 15.4 Å². The lowest BCUT2D eigenvalue weighted by molar-refractivity contribution is 0.414. The van der Waals surface area contributed by atoms with Gasteiger partial charge in [-0.2, -0.15) is 0 Å². The van der Waals surface area contributed by atoms with Crippen LogP contribution in [-0.4, -0.2) is 26.2 Å². The van der Waals surface area contributed by atoms with Gasteiger partial charge in [-0.3, -0.25) is 0 Å². The van der Waals surface area contributed by atoms with Gasteiger partial charge in [0.05, 0.1) is 7.11 Å². The molecule has 2 N–H and O–H groups in total. The lowest BCUT2D eigenvalue weighted by Crippen LogP contribution is -2.26. The highest BCUT2D eigenvalue weighted by molar-refractivity contribution is 9.10. The fourth-order valence-electron chi connectivity index (χ4n) is 1.87. The van der Waals surface area contributed by atoms with Crippen LogP contribution in [0, 0.1) is 0 Å². The van der Waals surface area contributed by atoms with Crippen LogP contribution < -0.4 is 15.4 Å². The molecule has 15 heavy (non-hydrogen) atoms. The molecule has 3 nitrogen and oxygen atoms in total. The van der Waals surface area contributed by atoms with Crippen LogP contribution in [0.15, 0.2) is 22.7 Å². The Hall–Kier alpha value is -0.740. The minimum Gasteiger partial charge on any atom is -0.497 e. The molecule has 1 fully saturated rings. The molecule has 0 amide bonds. The summed E-state index contributed by atoms with van der Waals surface area (Å²) in [6.45, 7) is 1.96. The van der Waals surface area contributed by atoms with E-state index >= 15 is 0 Å². The number of rotatable bonds is 2. The molecule has 4 heteroatoms. The second kappa shape index (κ2) is 4.41. The molecule has 1 heterocycles. The Morgan fingerprint density at radius 2 is 2.27 bits per heavy atom. The molecule has 1 unspecified atom stereocenters. The van der Waals surface area contributed by atoms with Crippen LogP contribution in [-0.2, 0) is 0 Å². The number of methoxy groups -OCH3 is 1. The van der Waals surface area contributed by atoms with Crippen molar-refractivity contribution in [2.75, 3.05) is 25.1 Å². The van der Waals surface area contributed by atoms with Gasteiger partial charge >= 0.3 is 0 Å². The van der Waals surface area contributed by atoms with E-state index in [1.807, 2.05) is 12.1 Å². The van der Waals surface area contributed by atoms with Crippen molar-refractivity contribution < 1.29 is 4.74 Å². The van der Waals surface area contributed by atoms with E-state index in [0.717, 1.165) is 29.7 Å². The smallest absolute Gasteiger partial charge is 0.122 e. The summed E-state index contributed by atoms with van der Waals surface area (Å²) >= 11 is 3.48. The monoisotopic (exact) mass is 270 g/mol. The second-order valence-corrected chi connectivity index (χ2v) is 4.76. The first-order valence-electron chi connectivity index (χ1n) is 5.04. The highest BCUT2D eigenvalue weighted by Crippen LogP contribution is 2.28. The maximum atomic E-state index is 5.89. The molecule has 1 aliphatic heterocycles. The number of nitrogens with zero attached hydrogens (tertiary/aromatic N) is 1. The topological polar surface area (TPSA) is 38.5 Å². The van der Waals surface area contributed by atoms with E-state index in [-0.39, 0.29) is 0 Å². The molecule has 0 aliphatic carbocycles. The van der Waals surface area contributed by atoms with Gasteiger partial charge in [0, 0.05) is 35.4 Å². The molecule has 0 bridgehead atoms. The van der Waals surface area contributed by atoms with Crippen molar-refractivity contribution in [2.45, 2.75) is 12.5 Å². The Bertz CT molecular complexity index is 356. The van der Waals surface area contributed by atoms with Crippen LogP contribution in [0.4, 0.5) is 5.69 Å². The highest BCUT2D eigenvalue weighted by atomic mass is 79.9. The molecule has 0 spiro atoms. The van der Waals surface area contributed by atoms with Gasteiger partial charge in [-0.15, -0.1) is 0 Å². The zero-order valence-electron chi connectivity index (χ0n) is 8.74. The fourth-order valence-corrected chi connectivity index (χ4v) is 2.33. The number of anilines is 1. The van der Waals surface area contributed by atoms with E-state index in [0.29, 0.717) is 6.04 Å². The Morgan fingerprint density at radius 1 is 1.47 bits per heavy atom. The van der Waals surface area contributed by atoms with Crippen molar-refractivity contribution in [3.63, 3.8) is 0 Å². The number of hydrogen-bond acceptors (Lipinski definition) is 3. The average Bonchev–Trinajstić information content (AvgIpc) is 2.64. The number of ether oxygens (including phenoxy) is 1. The van der Waals surface area contributed by atoms with E-state index in [1.165, 1.54) is 5.69 Å². The fraction of sp³-hybridized carbons (Fsp3) is 0.455. The maximum absolute atomic E-state index is 5.89. The van der Waals surface area contributed by atoms with Crippen molar-refractivity contribution in [1.29, 1.82) is 0 Å².